The highest BCUT2D eigenvalue weighted by Crippen LogP contribution is 2.24. The van der Waals surface area contributed by atoms with Crippen LogP contribution in [0.1, 0.15) is 42.5 Å². The number of hydrogen-bond acceptors (Lipinski definition) is 2. The molecule has 0 unspecified atom stereocenters. The Morgan fingerprint density at radius 1 is 1.18 bits per heavy atom. The Kier molecular flexibility index (Phi) is 4.60. The van der Waals surface area contributed by atoms with Gasteiger partial charge in [-0.05, 0) is 43.0 Å². The highest BCUT2D eigenvalue weighted by atomic mass is 79.9. The highest BCUT2D eigenvalue weighted by molar-refractivity contribution is 9.10. The van der Waals surface area contributed by atoms with E-state index in [0.717, 1.165) is 4.47 Å². The summed E-state index contributed by atoms with van der Waals surface area (Å²) in [6, 6.07) is 7.29. The number of esters is 1. The lowest BCUT2D eigenvalue weighted by Crippen LogP contribution is -2.16. The standard InChI is InChI=1S/C14H17BrO2/c15-13-8-6-12(7-9-13)14(16)17-10-11-4-2-1-3-5-11/h6-9,11H,1-5,10H2. The van der Waals surface area contributed by atoms with Gasteiger partial charge >= 0.3 is 5.97 Å². The molecular weight excluding hydrogens is 280 g/mol. The molecule has 2 nitrogen and oxygen atoms in total. The molecule has 17 heavy (non-hydrogen) atoms. The molecule has 0 N–H and O–H groups in total. The van der Waals surface area contributed by atoms with Crippen molar-refractivity contribution in [1.29, 1.82) is 0 Å². The Bertz CT molecular complexity index is 366. The number of ether oxygens (including phenoxy) is 1. The average molecular weight is 297 g/mol. The Labute approximate surface area is 110 Å². The molecule has 0 aromatic heterocycles. The van der Waals surface area contributed by atoms with Crippen molar-refractivity contribution in [2.45, 2.75) is 32.1 Å². The summed E-state index contributed by atoms with van der Waals surface area (Å²) in [6.45, 7) is 0.578. The van der Waals surface area contributed by atoms with E-state index in [1.54, 1.807) is 12.1 Å². The molecule has 0 spiro atoms. The monoisotopic (exact) mass is 296 g/mol. The van der Waals surface area contributed by atoms with Crippen LogP contribution >= 0.6 is 15.9 Å². The first-order valence-electron chi connectivity index (χ1n) is 6.18. The molecule has 0 atom stereocenters. The molecule has 1 aliphatic rings. The second kappa shape index (κ2) is 6.20. The van der Waals surface area contributed by atoms with Gasteiger partial charge in [-0.15, -0.1) is 0 Å². The van der Waals surface area contributed by atoms with Crippen molar-refractivity contribution in [3.05, 3.63) is 34.3 Å². The summed E-state index contributed by atoms with van der Waals surface area (Å²) in [6.07, 6.45) is 6.29. The molecule has 1 aromatic rings. The molecule has 92 valence electrons. The quantitative estimate of drug-likeness (QED) is 0.782. The lowest BCUT2D eigenvalue weighted by molar-refractivity contribution is 0.0410. The maximum Gasteiger partial charge on any atom is 0.338 e. The van der Waals surface area contributed by atoms with Gasteiger partial charge in [-0.3, -0.25) is 0 Å². The zero-order chi connectivity index (χ0) is 12.1. The summed E-state index contributed by atoms with van der Waals surface area (Å²) in [4.78, 5) is 11.8. The van der Waals surface area contributed by atoms with Crippen molar-refractivity contribution in [3.8, 4) is 0 Å². The van der Waals surface area contributed by atoms with Gasteiger partial charge in [0.05, 0.1) is 12.2 Å². The number of benzene rings is 1. The van der Waals surface area contributed by atoms with E-state index in [2.05, 4.69) is 15.9 Å². The third-order valence-electron chi connectivity index (χ3n) is 3.25. The maximum atomic E-state index is 11.8. The van der Waals surface area contributed by atoms with Crippen molar-refractivity contribution in [1.82, 2.24) is 0 Å². The van der Waals surface area contributed by atoms with Gasteiger partial charge in [-0.1, -0.05) is 35.2 Å². The number of carbonyl (C=O) groups excluding carboxylic acids is 1. The molecular formula is C14H17BrO2. The molecule has 1 aliphatic carbocycles. The summed E-state index contributed by atoms with van der Waals surface area (Å²) in [5.41, 5.74) is 0.629. The highest BCUT2D eigenvalue weighted by Gasteiger charge is 2.16. The van der Waals surface area contributed by atoms with Gasteiger partial charge in [0, 0.05) is 4.47 Å². The zero-order valence-corrected chi connectivity index (χ0v) is 11.4. The summed E-state index contributed by atoms with van der Waals surface area (Å²) in [7, 11) is 0. The third-order valence-corrected chi connectivity index (χ3v) is 3.78. The molecule has 0 radical (unpaired) electrons. The van der Waals surface area contributed by atoms with E-state index in [0.29, 0.717) is 18.1 Å². The fraction of sp³-hybridized carbons (Fsp3) is 0.500. The van der Waals surface area contributed by atoms with Crippen LogP contribution in [0.25, 0.3) is 0 Å². The van der Waals surface area contributed by atoms with Gasteiger partial charge in [0.1, 0.15) is 0 Å². The van der Waals surface area contributed by atoms with E-state index >= 15 is 0 Å². The molecule has 0 heterocycles. The largest absolute Gasteiger partial charge is 0.462 e. The van der Waals surface area contributed by atoms with Crippen LogP contribution in [-0.4, -0.2) is 12.6 Å². The Morgan fingerprint density at radius 2 is 1.82 bits per heavy atom. The van der Waals surface area contributed by atoms with E-state index in [1.807, 2.05) is 12.1 Å². The SMILES string of the molecule is O=C(OCC1CCCCC1)c1ccc(Br)cc1. The minimum atomic E-state index is -0.205. The molecule has 1 fully saturated rings. The van der Waals surface area contributed by atoms with Gasteiger partial charge in [0.2, 0.25) is 0 Å². The van der Waals surface area contributed by atoms with Crippen molar-refractivity contribution >= 4 is 21.9 Å². The summed E-state index contributed by atoms with van der Waals surface area (Å²) >= 11 is 3.34. The van der Waals surface area contributed by atoms with E-state index < -0.39 is 0 Å². The first-order chi connectivity index (χ1) is 8.25. The van der Waals surface area contributed by atoms with Crippen molar-refractivity contribution in [3.63, 3.8) is 0 Å². The van der Waals surface area contributed by atoms with Gasteiger partial charge in [-0.2, -0.15) is 0 Å². The van der Waals surface area contributed by atoms with Gasteiger partial charge in [-0.25, -0.2) is 4.79 Å². The van der Waals surface area contributed by atoms with Gasteiger partial charge in [0.15, 0.2) is 0 Å². The van der Waals surface area contributed by atoms with Crippen LogP contribution in [0.4, 0.5) is 0 Å². The predicted molar refractivity (Wildman–Crippen MR) is 71.0 cm³/mol. The second-order valence-electron chi connectivity index (χ2n) is 4.61. The topological polar surface area (TPSA) is 26.3 Å². The smallest absolute Gasteiger partial charge is 0.338 e. The number of carbonyl (C=O) groups is 1. The van der Waals surface area contributed by atoms with E-state index in [-0.39, 0.29) is 5.97 Å². The van der Waals surface area contributed by atoms with Gasteiger partial charge in [0.25, 0.3) is 0 Å². The van der Waals surface area contributed by atoms with Crippen LogP contribution in [0.5, 0.6) is 0 Å². The Morgan fingerprint density at radius 3 is 2.47 bits per heavy atom. The molecule has 0 saturated heterocycles. The second-order valence-corrected chi connectivity index (χ2v) is 5.53. The molecule has 1 saturated carbocycles. The van der Waals surface area contributed by atoms with Crippen LogP contribution in [0.2, 0.25) is 0 Å². The number of halogens is 1. The first kappa shape index (κ1) is 12.6. The minimum Gasteiger partial charge on any atom is -0.462 e. The molecule has 1 aromatic carbocycles. The van der Waals surface area contributed by atoms with Crippen molar-refractivity contribution in [2.75, 3.05) is 6.61 Å². The molecule has 0 amide bonds. The summed E-state index contributed by atoms with van der Waals surface area (Å²) in [5.74, 6) is 0.367. The average Bonchev–Trinajstić information content (AvgIpc) is 2.38. The zero-order valence-electron chi connectivity index (χ0n) is 9.82. The molecule has 0 aliphatic heterocycles. The minimum absolute atomic E-state index is 0.205. The Balaban J connectivity index is 1.82. The molecule has 3 heteroatoms. The fourth-order valence-electron chi connectivity index (χ4n) is 2.22. The van der Waals surface area contributed by atoms with Crippen LogP contribution in [0.15, 0.2) is 28.7 Å². The lowest BCUT2D eigenvalue weighted by Gasteiger charge is -2.20. The number of hydrogen-bond donors (Lipinski definition) is 0. The third kappa shape index (κ3) is 3.84. The lowest BCUT2D eigenvalue weighted by atomic mass is 9.90. The van der Waals surface area contributed by atoms with Crippen LogP contribution < -0.4 is 0 Å². The molecule has 0 bridgehead atoms. The molecule has 2 rings (SSSR count). The maximum absolute atomic E-state index is 11.8. The Hall–Kier alpha value is -0.830. The van der Waals surface area contributed by atoms with Crippen molar-refractivity contribution in [2.24, 2.45) is 5.92 Å². The van der Waals surface area contributed by atoms with Gasteiger partial charge < -0.3 is 4.74 Å². The first-order valence-corrected chi connectivity index (χ1v) is 6.98. The van der Waals surface area contributed by atoms with E-state index in [9.17, 15) is 4.79 Å². The van der Waals surface area contributed by atoms with Crippen LogP contribution in [0, 0.1) is 5.92 Å². The van der Waals surface area contributed by atoms with Crippen LogP contribution in [0.3, 0.4) is 0 Å². The summed E-state index contributed by atoms with van der Waals surface area (Å²) < 4.78 is 6.33. The predicted octanol–water partition coefficient (Wildman–Crippen LogP) is 4.19. The number of rotatable bonds is 3. The normalized spacial score (nSPS) is 16.8. The van der Waals surface area contributed by atoms with Crippen molar-refractivity contribution < 1.29 is 9.53 Å². The summed E-state index contributed by atoms with van der Waals surface area (Å²) in [5, 5.41) is 0. The van der Waals surface area contributed by atoms with E-state index in [1.165, 1.54) is 32.1 Å². The van der Waals surface area contributed by atoms with E-state index in [4.69, 9.17) is 4.74 Å². The fourth-order valence-corrected chi connectivity index (χ4v) is 2.48. The van der Waals surface area contributed by atoms with Crippen LogP contribution in [-0.2, 0) is 4.74 Å².